The van der Waals surface area contributed by atoms with Crippen LogP contribution in [0.1, 0.15) is 5.56 Å². The molecule has 2 aromatic rings. The lowest BCUT2D eigenvalue weighted by atomic mass is 10.2. The van der Waals surface area contributed by atoms with E-state index in [1.54, 1.807) is 18.2 Å². The number of nitrogens with two attached hydrogens (primary N) is 1. The smallest absolute Gasteiger partial charge is 0.103 e. The maximum Gasteiger partial charge on any atom is 0.103 e. The minimum Gasteiger partial charge on any atom is -0.399 e. The monoisotopic (exact) mass is 321 g/mol. The SMILES string of the molecule is N#Cc1c(Br)cccc1Nc1cc(N)ccc1Cl. The van der Waals surface area contributed by atoms with Gasteiger partial charge in [-0.15, -0.1) is 0 Å². The van der Waals surface area contributed by atoms with E-state index in [-0.39, 0.29) is 0 Å². The zero-order valence-electron chi connectivity index (χ0n) is 9.24. The van der Waals surface area contributed by atoms with Gasteiger partial charge in [0.15, 0.2) is 0 Å². The fourth-order valence-corrected chi connectivity index (χ4v) is 2.15. The predicted molar refractivity (Wildman–Crippen MR) is 78.0 cm³/mol. The van der Waals surface area contributed by atoms with Crippen LogP contribution in [-0.2, 0) is 0 Å². The summed E-state index contributed by atoms with van der Waals surface area (Å²) in [6.07, 6.45) is 0. The topological polar surface area (TPSA) is 61.8 Å². The van der Waals surface area contributed by atoms with Gasteiger partial charge < -0.3 is 11.1 Å². The highest BCUT2D eigenvalue weighted by atomic mass is 79.9. The Labute approximate surface area is 118 Å². The second-order valence-corrected chi connectivity index (χ2v) is 4.90. The molecule has 0 heterocycles. The molecule has 0 spiro atoms. The van der Waals surface area contributed by atoms with Crippen LogP contribution in [0, 0.1) is 11.3 Å². The molecule has 2 rings (SSSR count). The van der Waals surface area contributed by atoms with Gasteiger partial charge in [-0.1, -0.05) is 17.7 Å². The Bertz CT molecular complexity index is 635. The second-order valence-electron chi connectivity index (χ2n) is 3.64. The highest BCUT2D eigenvalue weighted by Crippen LogP contribution is 2.31. The Hall–Kier alpha value is -1.70. The zero-order chi connectivity index (χ0) is 13.1. The van der Waals surface area contributed by atoms with Gasteiger partial charge in [0.05, 0.1) is 22.0 Å². The van der Waals surface area contributed by atoms with Crippen LogP contribution in [0.2, 0.25) is 5.02 Å². The van der Waals surface area contributed by atoms with Crippen molar-refractivity contribution in [1.82, 2.24) is 0 Å². The third-order valence-electron chi connectivity index (χ3n) is 2.39. The molecule has 18 heavy (non-hydrogen) atoms. The molecule has 3 nitrogen and oxygen atoms in total. The van der Waals surface area contributed by atoms with E-state index in [0.29, 0.717) is 27.6 Å². The summed E-state index contributed by atoms with van der Waals surface area (Å²) >= 11 is 9.40. The van der Waals surface area contributed by atoms with Gasteiger partial charge >= 0.3 is 0 Å². The number of hydrogen-bond donors (Lipinski definition) is 2. The Kier molecular flexibility index (Phi) is 3.75. The number of rotatable bonds is 2. The fraction of sp³-hybridized carbons (Fsp3) is 0. The van der Waals surface area contributed by atoms with Crippen LogP contribution in [0.15, 0.2) is 40.9 Å². The van der Waals surface area contributed by atoms with Gasteiger partial charge in [0.1, 0.15) is 6.07 Å². The van der Waals surface area contributed by atoms with Gasteiger partial charge in [0.25, 0.3) is 0 Å². The van der Waals surface area contributed by atoms with Gasteiger partial charge in [-0.3, -0.25) is 0 Å². The van der Waals surface area contributed by atoms with Crippen molar-refractivity contribution in [3.8, 4) is 6.07 Å². The summed E-state index contributed by atoms with van der Waals surface area (Å²) < 4.78 is 0.732. The number of halogens is 2. The first-order valence-corrected chi connectivity index (χ1v) is 6.29. The number of nitrogens with one attached hydrogen (secondary N) is 1. The van der Waals surface area contributed by atoms with Crippen molar-refractivity contribution in [2.75, 3.05) is 11.1 Å². The maximum absolute atomic E-state index is 9.12. The van der Waals surface area contributed by atoms with E-state index in [0.717, 1.165) is 4.47 Å². The molecule has 0 aromatic heterocycles. The molecule has 0 unspecified atom stereocenters. The van der Waals surface area contributed by atoms with Crippen LogP contribution in [0.4, 0.5) is 17.1 Å². The van der Waals surface area contributed by atoms with Crippen molar-refractivity contribution in [1.29, 1.82) is 5.26 Å². The fourth-order valence-electron chi connectivity index (χ4n) is 1.53. The molecule has 0 saturated carbocycles. The van der Waals surface area contributed by atoms with Crippen LogP contribution < -0.4 is 11.1 Å². The minimum atomic E-state index is 0.524. The molecule has 0 saturated heterocycles. The van der Waals surface area contributed by atoms with E-state index in [2.05, 4.69) is 27.3 Å². The summed E-state index contributed by atoms with van der Waals surface area (Å²) in [4.78, 5) is 0. The molecule has 0 aliphatic heterocycles. The van der Waals surface area contributed by atoms with Crippen molar-refractivity contribution >= 4 is 44.6 Å². The third kappa shape index (κ3) is 2.58. The lowest BCUT2D eigenvalue weighted by Gasteiger charge is -2.11. The summed E-state index contributed by atoms with van der Waals surface area (Å²) in [6, 6.07) is 12.8. The Morgan fingerprint density at radius 3 is 2.72 bits per heavy atom. The Morgan fingerprint density at radius 2 is 2.00 bits per heavy atom. The number of benzene rings is 2. The number of nitriles is 1. The average Bonchev–Trinajstić information content (AvgIpc) is 2.34. The number of nitrogen functional groups attached to an aromatic ring is 1. The first-order chi connectivity index (χ1) is 8.61. The van der Waals surface area contributed by atoms with Crippen molar-refractivity contribution in [2.24, 2.45) is 0 Å². The van der Waals surface area contributed by atoms with E-state index in [1.165, 1.54) is 0 Å². The van der Waals surface area contributed by atoms with Gasteiger partial charge in [0, 0.05) is 10.2 Å². The first kappa shape index (κ1) is 12.7. The van der Waals surface area contributed by atoms with Crippen LogP contribution >= 0.6 is 27.5 Å². The minimum absolute atomic E-state index is 0.524. The van der Waals surface area contributed by atoms with Crippen molar-refractivity contribution in [3.63, 3.8) is 0 Å². The molecule has 0 fully saturated rings. The standard InChI is InChI=1S/C13H9BrClN3/c14-10-2-1-3-12(9(10)7-16)18-13-6-8(17)4-5-11(13)15/h1-6,18H,17H2. The van der Waals surface area contributed by atoms with Crippen molar-refractivity contribution < 1.29 is 0 Å². The Morgan fingerprint density at radius 1 is 1.22 bits per heavy atom. The lowest BCUT2D eigenvalue weighted by Crippen LogP contribution is -1.96. The predicted octanol–water partition coefficient (Wildman–Crippen LogP) is 4.30. The van der Waals surface area contributed by atoms with Crippen LogP contribution in [0.3, 0.4) is 0 Å². The van der Waals surface area contributed by atoms with Crippen LogP contribution in [0.5, 0.6) is 0 Å². The molecule has 90 valence electrons. The molecule has 2 aromatic carbocycles. The summed E-state index contributed by atoms with van der Waals surface area (Å²) in [5.74, 6) is 0. The number of nitrogens with zero attached hydrogens (tertiary/aromatic N) is 1. The Balaban J connectivity index is 2.44. The quantitative estimate of drug-likeness (QED) is 0.810. The average molecular weight is 323 g/mol. The highest BCUT2D eigenvalue weighted by Gasteiger charge is 2.08. The van der Waals surface area contributed by atoms with E-state index in [4.69, 9.17) is 22.6 Å². The molecule has 0 amide bonds. The van der Waals surface area contributed by atoms with Crippen molar-refractivity contribution in [2.45, 2.75) is 0 Å². The van der Waals surface area contributed by atoms with Gasteiger partial charge in [-0.05, 0) is 46.3 Å². The normalized spacial score (nSPS) is 9.83. The molecular weight excluding hydrogens is 314 g/mol. The summed E-state index contributed by atoms with van der Waals surface area (Å²) in [7, 11) is 0. The molecule has 5 heteroatoms. The lowest BCUT2D eigenvalue weighted by molar-refractivity contribution is 1.44. The molecule has 3 N–H and O–H groups in total. The molecule has 0 radical (unpaired) electrons. The second kappa shape index (κ2) is 5.30. The molecular formula is C13H9BrClN3. The number of hydrogen-bond acceptors (Lipinski definition) is 3. The van der Waals surface area contributed by atoms with E-state index >= 15 is 0 Å². The first-order valence-electron chi connectivity index (χ1n) is 5.12. The van der Waals surface area contributed by atoms with E-state index in [1.807, 2.05) is 18.2 Å². The van der Waals surface area contributed by atoms with Gasteiger partial charge in [-0.25, -0.2) is 0 Å². The summed E-state index contributed by atoms with van der Waals surface area (Å²) in [5, 5.41) is 12.8. The summed E-state index contributed by atoms with van der Waals surface area (Å²) in [6.45, 7) is 0. The van der Waals surface area contributed by atoms with E-state index in [9.17, 15) is 0 Å². The third-order valence-corrected chi connectivity index (χ3v) is 3.38. The van der Waals surface area contributed by atoms with Crippen LogP contribution in [-0.4, -0.2) is 0 Å². The highest BCUT2D eigenvalue weighted by molar-refractivity contribution is 9.10. The van der Waals surface area contributed by atoms with Gasteiger partial charge in [0.2, 0.25) is 0 Å². The number of anilines is 3. The largest absolute Gasteiger partial charge is 0.399 e. The maximum atomic E-state index is 9.12. The molecule has 0 aliphatic carbocycles. The van der Waals surface area contributed by atoms with Crippen LogP contribution in [0.25, 0.3) is 0 Å². The van der Waals surface area contributed by atoms with E-state index < -0.39 is 0 Å². The zero-order valence-corrected chi connectivity index (χ0v) is 11.6. The van der Waals surface area contributed by atoms with Gasteiger partial charge in [-0.2, -0.15) is 5.26 Å². The molecule has 0 aliphatic rings. The molecule has 0 bridgehead atoms. The summed E-state index contributed by atoms with van der Waals surface area (Å²) in [5.41, 5.74) is 8.19. The van der Waals surface area contributed by atoms with Crippen molar-refractivity contribution in [3.05, 3.63) is 51.5 Å². The molecule has 0 atom stereocenters.